The van der Waals surface area contributed by atoms with E-state index in [9.17, 15) is 4.11 Å². The van der Waals surface area contributed by atoms with Gasteiger partial charge in [-0.15, -0.1) is 11.3 Å². The maximum atomic E-state index is 9.64. The molecule has 0 saturated heterocycles. The fourth-order valence-corrected chi connectivity index (χ4v) is 7.85. The van der Waals surface area contributed by atoms with Crippen molar-refractivity contribution in [3.63, 3.8) is 0 Å². The second-order valence-corrected chi connectivity index (χ2v) is 12.6. The van der Waals surface area contributed by atoms with E-state index in [0.717, 1.165) is 30.9 Å². The Morgan fingerprint density at radius 1 is 0.549 bits per heavy atom. The molecule has 0 spiro atoms. The highest BCUT2D eigenvalue weighted by Crippen LogP contribution is 2.43. The minimum atomic E-state index is -0.745. The van der Waals surface area contributed by atoms with Gasteiger partial charge in [-0.1, -0.05) is 127 Å². The van der Waals surface area contributed by atoms with Crippen LogP contribution in [0.1, 0.15) is 21.9 Å². The van der Waals surface area contributed by atoms with E-state index in [1.54, 1.807) is 4.57 Å². The van der Waals surface area contributed by atoms with E-state index in [1.807, 2.05) is 60.7 Å². The number of benzene rings is 7. The van der Waals surface area contributed by atoms with Gasteiger partial charge >= 0.3 is 0 Å². The number of aromatic nitrogens is 4. The summed E-state index contributed by atoms with van der Waals surface area (Å²) in [7, 11) is 0. The minimum Gasteiger partial charge on any atom is -0.456 e. The van der Waals surface area contributed by atoms with Crippen molar-refractivity contribution in [1.82, 2.24) is 19.5 Å². The van der Waals surface area contributed by atoms with Crippen LogP contribution >= 0.6 is 11.3 Å². The lowest BCUT2D eigenvalue weighted by Crippen LogP contribution is -2.06. The Morgan fingerprint density at radius 2 is 1.27 bits per heavy atom. The molecule has 11 aromatic rings. The van der Waals surface area contributed by atoms with Crippen molar-refractivity contribution in [3.8, 4) is 39.9 Å². The Balaban J connectivity index is 1.28. The molecule has 0 aliphatic carbocycles. The topological polar surface area (TPSA) is 56.7 Å². The smallest absolute Gasteiger partial charge is 0.238 e. The Bertz CT molecular complexity index is 4030. The summed E-state index contributed by atoms with van der Waals surface area (Å²) in [4.78, 5) is 14.2. The van der Waals surface area contributed by atoms with Crippen molar-refractivity contribution in [1.29, 1.82) is 0 Å². The second-order valence-electron chi connectivity index (χ2n) is 11.6. The van der Waals surface area contributed by atoms with Gasteiger partial charge in [-0.25, -0.2) is 4.98 Å². The van der Waals surface area contributed by atoms with Crippen molar-refractivity contribution in [3.05, 3.63) is 157 Å². The third-order valence-electron chi connectivity index (χ3n) is 8.77. The first-order chi connectivity index (χ1) is 31.9. The molecule has 0 N–H and O–H groups in total. The molecule has 5 nitrogen and oxygen atoms in total. The van der Waals surface area contributed by atoms with Gasteiger partial charge in [-0.05, 0) is 41.4 Å². The van der Waals surface area contributed by atoms with E-state index in [4.69, 9.17) is 32.2 Å². The first-order valence-electron chi connectivity index (χ1n) is 23.6. The largest absolute Gasteiger partial charge is 0.456 e. The van der Waals surface area contributed by atoms with Gasteiger partial charge in [0, 0.05) is 48.1 Å². The highest BCUT2D eigenvalue weighted by molar-refractivity contribution is 7.26. The third kappa shape index (κ3) is 4.30. The molecule has 0 fully saturated rings. The van der Waals surface area contributed by atoms with Crippen molar-refractivity contribution >= 4 is 75.3 Å². The van der Waals surface area contributed by atoms with Crippen molar-refractivity contribution in [2.75, 3.05) is 0 Å². The molecule has 0 saturated carbocycles. The summed E-state index contributed by atoms with van der Waals surface area (Å²) in [6.45, 7) is 0. The van der Waals surface area contributed by atoms with Crippen LogP contribution in [0.2, 0.25) is 0 Å². The van der Waals surface area contributed by atoms with Gasteiger partial charge in [0.15, 0.2) is 11.6 Å². The maximum absolute atomic E-state index is 9.64. The molecule has 0 bridgehead atoms. The number of rotatable bonds is 4. The SMILES string of the molecule is [2H]c1c([2H])c([2H])c(-c2nc(-c3c([2H])c([2H])c4c(oc5c([2H])c([2H])c([2H])c(-c6c([2H])c([2H])c([2H])c([2H])c6[2H])c54)c3[2H])nc(-n3c4ccccc4c4ccc5c6ccccc6sc5c43)n2)c([2H])c1[2H]. The van der Waals surface area contributed by atoms with Gasteiger partial charge in [-0.2, -0.15) is 9.97 Å². The summed E-state index contributed by atoms with van der Waals surface area (Å²) in [5.41, 5.74) is -1.42. The standard InChI is InChI=1S/C45H26N4OS/c1-3-12-27(13-4-1)30-18-11-20-37-40(30)35-23-22-29(26-38(35)50-37)44-46-43(28-14-5-2-6-15-28)47-45(48-44)49-36-19-9-7-16-31(36)33-24-25-34-32-17-8-10-21-39(32)51-42(34)41(33)49/h1-26H/i1D,2D,3D,4D,5D,6D,11D,12D,13D,14D,15D,18D,20D,22D,23D,26D. The number of furan rings is 1. The predicted octanol–water partition coefficient (Wildman–Crippen LogP) is 12.2. The van der Waals surface area contributed by atoms with Gasteiger partial charge in [0.1, 0.15) is 11.2 Å². The van der Waals surface area contributed by atoms with Gasteiger partial charge in [0.05, 0.1) is 37.7 Å². The molecular formula is C45H26N4OS. The van der Waals surface area contributed by atoms with Crippen LogP contribution in [-0.4, -0.2) is 19.5 Å². The van der Waals surface area contributed by atoms with Gasteiger partial charge in [0.25, 0.3) is 0 Å². The summed E-state index contributed by atoms with van der Waals surface area (Å²) in [6, 6.07) is 8.24. The normalized spacial score (nSPS) is 16.3. The Labute approximate surface area is 318 Å². The van der Waals surface area contributed by atoms with Gasteiger partial charge in [-0.3, -0.25) is 4.57 Å². The number of fused-ring (bicyclic) bond motifs is 10. The molecule has 0 aliphatic heterocycles. The lowest BCUT2D eigenvalue weighted by Gasteiger charge is -2.11. The van der Waals surface area contributed by atoms with E-state index < -0.39 is 142 Å². The van der Waals surface area contributed by atoms with Crippen LogP contribution in [0, 0.1) is 0 Å². The first kappa shape index (κ1) is 16.9. The molecule has 7 aromatic carbocycles. The zero-order chi connectivity index (χ0) is 47.4. The molecule has 0 aliphatic rings. The Kier molecular flexibility index (Phi) is 3.61. The second kappa shape index (κ2) is 10.9. The highest BCUT2D eigenvalue weighted by atomic mass is 32.1. The van der Waals surface area contributed by atoms with E-state index in [-0.39, 0.29) is 16.7 Å². The number of hydrogen-bond acceptors (Lipinski definition) is 5. The quantitative estimate of drug-likeness (QED) is 0.185. The van der Waals surface area contributed by atoms with Crippen LogP contribution < -0.4 is 0 Å². The molecule has 6 heteroatoms. The van der Waals surface area contributed by atoms with Crippen molar-refractivity contribution in [2.45, 2.75) is 0 Å². The summed E-state index contributed by atoms with van der Waals surface area (Å²) in [5.74, 6) is -0.991. The highest BCUT2D eigenvalue weighted by Gasteiger charge is 2.22. The average molecular weight is 687 g/mol. The van der Waals surface area contributed by atoms with E-state index >= 15 is 0 Å². The molecule has 11 rings (SSSR count). The molecule has 238 valence electrons. The summed E-state index contributed by atoms with van der Waals surface area (Å²) < 4.78 is 150. The summed E-state index contributed by atoms with van der Waals surface area (Å²) in [5, 5.41) is 2.91. The predicted molar refractivity (Wildman–Crippen MR) is 211 cm³/mol. The number of nitrogens with zero attached hydrogens (tertiary/aromatic N) is 4. The molecule has 51 heavy (non-hydrogen) atoms. The average Bonchev–Trinajstić information content (AvgIpc) is 4.02. The zero-order valence-electron chi connectivity index (χ0n) is 41.9. The molecular weight excluding hydrogens is 645 g/mol. The van der Waals surface area contributed by atoms with E-state index in [2.05, 4.69) is 4.98 Å². The van der Waals surface area contributed by atoms with Crippen molar-refractivity contribution < 1.29 is 26.3 Å². The monoisotopic (exact) mass is 686 g/mol. The Morgan fingerprint density at radius 3 is 2.12 bits per heavy atom. The minimum absolute atomic E-state index is 0.132. The van der Waals surface area contributed by atoms with Gasteiger partial charge in [0.2, 0.25) is 5.95 Å². The summed E-state index contributed by atoms with van der Waals surface area (Å²) in [6.07, 6.45) is 0. The molecule has 0 radical (unpaired) electrons. The Hall–Kier alpha value is -6.63. The van der Waals surface area contributed by atoms with E-state index in [0.29, 0.717) is 11.0 Å². The van der Waals surface area contributed by atoms with E-state index in [1.165, 1.54) is 11.3 Å². The van der Waals surface area contributed by atoms with Gasteiger partial charge < -0.3 is 4.42 Å². The van der Waals surface area contributed by atoms with Crippen LogP contribution in [0.15, 0.2) is 162 Å². The molecule has 0 atom stereocenters. The third-order valence-corrected chi connectivity index (χ3v) is 9.97. The molecule has 0 amide bonds. The zero-order valence-corrected chi connectivity index (χ0v) is 26.7. The van der Waals surface area contributed by atoms with Crippen LogP contribution in [-0.2, 0) is 0 Å². The van der Waals surface area contributed by atoms with Crippen LogP contribution in [0.5, 0.6) is 0 Å². The lowest BCUT2D eigenvalue weighted by molar-refractivity contribution is 0.669. The summed E-state index contributed by atoms with van der Waals surface area (Å²) >= 11 is 1.53. The van der Waals surface area contributed by atoms with Crippen LogP contribution in [0.25, 0.3) is 104 Å². The number of thiophene rings is 1. The van der Waals surface area contributed by atoms with Crippen LogP contribution in [0.3, 0.4) is 0 Å². The molecule has 4 heterocycles. The molecule has 0 unspecified atom stereocenters. The fourth-order valence-electron chi connectivity index (χ4n) is 6.61. The fraction of sp³-hybridized carbons (Fsp3) is 0. The maximum Gasteiger partial charge on any atom is 0.238 e. The number of para-hydroxylation sites is 1. The van der Waals surface area contributed by atoms with Crippen LogP contribution in [0.4, 0.5) is 0 Å². The molecule has 4 aromatic heterocycles. The lowest BCUT2D eigenvalue weighted by atomic mass is 9.99. The van der Waals surface area contributed by atoms with Crippen molar-refractivity contribution in [2.24, 2.45) is 0 Å². The first-order valence-corrected chi connectivity index (χ1v) is 16.5. The number of hydrogen-bond donors (Lipinski definition) is 0.